The molecule has 0 aliphatic carbocycles. The summed E-state index contributed by atoms with van der Waals surface area (Å²) in [5.74, 6) is 0.871. The second kappa shape index (κ2) is 9.45. The van der Waals surface area contributed by atoms with Crippen molar-refractivity contribution in [2.45, 2.75) is 37.7 Å². The molecule has 3 rings (SSSR count). The normalized spacial score (nSPS) is 15.5. The fourth-order valence-electron chi connectivity index (χ4n) is 3.36. The maximum absolute atomic E-state index is 12.5. The minimum atomic E-state index is -3.46. The lowest BCUT2D eigenvalue weighted by molar-refractivity contribution is -0.127. The van der Waals surface area contributed by atoms with Gasteiger partial charge in [0.15, 0.2) is 0 Å². The van der Waals surface area contributed by atoms with Gasteiger partial charge in [-0.25, -0.2) is 13.1 Å². The zero-order chi connectivity index (χ0) is 21.7. The van der Waals surface area contributed by atoms with Crippen LogP contribution in [0.3, 0.4) is 0 Å². The maximum atomic E-state index is 12.5. The van der Waals surface area contributed by atoms with Crippen LogP contribution in [0.25, 0.3) is 6.08 Å². The first-order valence-electron chi connectivity index (χ1n) is 10.0. The van der Waals surface area contributed by atoms with E-state index in [-0.39, 0.29) is 16.9 Å². The quantitative estimate of drug-likeness (QED) is 0.717. The third-order valence-electron chi connectivity index (χ3n) is 5.27. The monoisotopic (exact) mass is 428 g/mol. The van der Waals surface area contributed by atoms with E-state index in [1.54, 1.807) is 18.2 Å². The van der Waals surface area contributed by atoms with Crippen LogP contribution in [0, 0.1) is 13.8 Å². The number of nitrogens with one attached hydrogen (secondary N) is 1. The highest BCUT2D eigenvalue weighted by molar-refractivity contribution is 7.89. The molecule has 0 atom stereocenters. The summed E-state index contributed by atoms with van der Waals surface area (Å²) in [6.45, 7) is 5.39. The van der Waals surface area contributed by atoms with Crippen LogP contribution in [0.15, 0.2) is 53.4 Å². The lowest BCUT2D eigenvalue weighted by Gasteiger charge is -2.32. The summed E-state index contributed by atoms with van der Waals surface area (Å²) < 4.78 is 32.0. The number of nitrogens with zero attached hydrogens (tertiary/aromatic N) is 1. The van der Waals surface area contributed by atoms with Crippen LogP contribution in [0.5, 0.6) is 5.75 Å². The van der Waals surface area contributed by atoms with Crippen LogP contribution in [-0.2, 0) is 14.8 Å². The van der Waals surface area contributed by atoms with Crippen molar-refractivity contribution < 1.29 is 17.9 Å². The molecular formula is C23H28N2O4S. The van der Waals surface area contributed by atoms with Gasteiger partial charge in [0.2, 0.25) is 15.9 Å². The van der Waals surface area contributed by atoms with Crippen LogP contribution in [0.1, 0.15) is 29.5 Å². The molecule has 1 heterocycles. The summed E-state index contributed by atoms with van der Waals surface area (Å²) in [6, 6.07) is 12.6. The smallest absolute Gasteiger partial charge is 0.246 e. The van der Waals surface area contributed by atoms with Gasteiger partial charge in [-0.2, -0.15) is 0 Å². The van der Waals surface area contributed by atoms with Gasteiger partial charge in [0.25, 0.3) is 0 Å². The molecule has 0 aromatic heterocycles. The van der Waals surface area contributed by atoms with E-state index in [2.05, 4.69) is 22.9 Å². The van der Waals surface area contributed by atoms with Gasteiger partial charge in [-0.3, -0.25) is 4.79 Å². The van der Waals surface area contributed by atoms with Gasteiger partial charge < -0.3 is 9.64 Å². The number of amides is 1. The number of benzene rings is 2. The molecule has 1 fully saturated rings. The first kappa shape index (κ1) is 22.1. The highest BCUT2D eigenvalue weighted by atomic mass is 32.2. The van der Waals surface area contributed by atoms with E-state index in [1.165, 1.54) is 30.8 Å². The summed E-state index contributed by atoms with van der Waals surface area (Å²) in [7, 11) is -2.08. The molecular weight excluding hydrogens is 400 g/mol. The number of hydrogen-bond donors (Lipinski definition) is 1. The van der Waals surface area contributed by atoms with Gasteiger partial charge >= 0.3 is 0 Å². The number of sulfonamides is 1. The molecule has 30 heavy (non-hydrogen) atoms. The van der Waals surface area contributed by atoms with Gasteiger partial charge in [0.05, 0.1) is 4.90 Å². The number of hydrogen-bond acceptors (Lipinski definition) is 4. The number of aryl methyl sites for hydroxylation is 2. The van der Waals surface area contributed by atoms with Crippen molar-refractivity contribution in [1.82, 2.24) is 9.62 Å². The Morgan fingerprint density at radius 1 is 1.10 bits per heavy atom. The Bertz CT molecular complexity index is 1020. The Morgan fingerprint density at radius 2 is 1.77 bits per heavy atom. The molecule has 2 aromatic rings. The molecule has 0 radical (unpaired) electrons. The fraction of sp³-hybridized carbons (Fsp3) is 0.348. The predicted molar refractivity (Wildman–Crippen MR) is 118 cm³/mol. The Kier molecular flexibility index (Phi) is 6.95. The molecule has 1 saturated heterocycles. The Labute approximate surface area is 178 Å². The van der Waals surface area contributed by atoms with Crippen LogP contribution in [0.4, 0.5) is 0 Å². The maximum Gasteiger partial charge on any atom is 0.246 e. The lowest BCUT2D eigenvalue weighted by Crippen LogP contribution is -2.41. The Hall–Kier alpha value is -2.64. The average molecular weight is 429 g/mol. The minimum Gasteiger partial charge on any atom is -0.490 e. The van der Waals surface area contributed by atoms with Gasteiger partial charge in [-0.1, -0.05) is 24.3 Å². The van der Waals surface area contributed by atoms with Crippen molar-refractivity contribution in [2.75, 3.05) is 20.1 Å². The van der Waals surface area contributed by atoms with Gasteiger partial charge in [-0.15, -0.1) is 0 Å². The zero-order valence-electron chi connectivity index (χ0n) is 17.6. The molecule has 0 spiro atoms. The van der Waals surface area contributed by atoms with Crippen molar-refractivity contribution in [2.24, 2.45) is 0 Å². The third-order valence-corrected chi connectivity index (χ3v) is 6.70. The second-order valence-electron chi connectivity index (χ2n) is 7.52. The number of ether oxygens (including phenoxy) is 1. The summed E-state index contributed by atoms with van der Waals surface area (Å²) in [5, 5.41) is 0. The van der Waals surface area contributed by atoms with Crippen LogP contribution in [-0.4, -0.2) is 45.5 Å². The standard InChI is InChI=1S/C23H28N2O4S/c1-17-4-5-18(2)22(16-17)29-20-12-14-25(15-13-20)23(26)11-8-19-6-9-21(10-7-19)30(27,28)24-3/h4-11,16,20,24H,12-15H2,1-3H3/b11-8+. The van der Waals surface area contributed by atoms with Crippen molar-refractivity contribution in [1.29, 1.82) is 0 Å². The van der Waals surface area contributed by atoms with Crippen molar-refractivity contribution in [3.8, 4) is 5.75 Å². The summed E-state index contributed by atoms with van der Waals surface area (Å²) >= 11 is 0. The van der Waals surface area contributed by atoms with E-state index < -0.39 is 10.0 Å². The van der Waals surface area contributed by atoms with Crippen molar-refractivity contribution in [3.63, 3.8) is 0 Å². The van der Waals surface area contributed by atoms with Gasteiger partial charge in [0.1, 0.15) is 11.9 Å². The minimum absolute atomic E-state index is 0.0490. The fourth-order valence-corrected chi connectivity index (χ4v) is 4.09. The molecule has 0 bridgehead atoms. The predicted octanol–water partition coefficient (Wildman–Crippen LogP) is 3.29. The third kappa shape index (κ3) is 5.49. The molecule has 2 aromatic carbocycles. The largest absolute Gasteiger partial charge is 0.490 e. The number of piperidine rings is 1. The van der Waals surface area contributed by atoms with E-state index in [4.69, 9.17) is 4.74 Å². The molecule has 0 unspecified atom stereocenters. The SMILES string of the molecule is CNS(=O)(=O)c1ccc(/C=C/C(=O)N2CCC(Oc3cc(C)ccc3C)CC2)cc1. The zero-order valence-corrected chi connectivity index (χ0v) is 18.4. The number of carbonyl (C=O) groups excluding carboxylic acids is 1. The summed E-state index contributed by atoms with van der Waals surface area (Å²) in [5.41, 5.74) is 3.06. The van der Waals surface area contributed by atoms with Crippen LogP contribution < -0.4 is 9.46 Å². The van der Waals surface area contributed by atoms with E-state index >= 15 is 0 Å². The second-order valence-corrected chi connectivity index (χ2v) is 9.41. The molecule has 1 aliphatic rings. The molecule has 160 valence electrons. The average Bonchev–Trinajstić information content (AvgIpc) is 2.75. The highest BCUT2D eigenvalue weighted by Gasteiger charge is 2.23. The highest BCUT2D eigenvalue weighted by Crippen LogP contribution is 2.24. The molecule has 7 heteroatoms. The number of carbonyl (C=O) groups is 1. The summed E-state index contributed by atoms with van der Waals surface area (Å²) in [6.07, 6.45) is 4.94. The van der Waals surface area contributed by atoms with Crippen LogP contribution in [0.2, 0.25) is 0 Å². The van der Waals surface area contributed by atoms with E-state index in [9.17, 15) is 13.2 Å². The lowest BCUT2D eigenvalue weighted by atomic mass is 10.1. The Morgan fingerprint density at radius 3 is 2.40 bits per heavy atom. The number of rotatable bonds is 6. The molecule has 1 amide bonds. The molecule has 1 N–H and O–H groups in total. The van der Waals surface area contributed by atoms with Gasteiger partial charge in [0, 0.05) is 32.0 Å². The molecule has 6 nitrogen and oxygen atoms in total. The number of likely N-dealkylation sites (tertiary alicyclic amines) is 1. The topological polar surface area (TPSA) is 75.7 Å². The molecule has 0 saturated carbocycles. The molecule has 1 aliphatic heterocycles. The van der Waals surface area contributed by atoms with Crippen LogP contribution >= 0.6 is 0 Å². The Balaban J connectivity index is 1.53. The first-order chi connectivity index (χ1) is 14.3. The van der Waals surface area contributed by atoms with Crippen molar-refractivity contribution in [3.05, 3.63) is 65.2 Å². The summed E-state index contributed by atoms with van der Waals surface area (Å²) in [4.78, 5) is 14.5. The van der Waals surface area contributed by atoms with E-state index in [0.29, 0.717) is 13.1 Å². The van der Waals surface area contributed by atoms with Crippen molar-refractivity contribution >= 4 is 22.0 Å². The first-order valence-corrected chi connectivity index (χ1v) is 11.5. The van der Waals surface area contributed by atoms with Gasteiger partial charge in [-0.05, 0) is 61.9 Å². The van der Waals surface area contributed by atoms with E-state index in [1.807, 2.05) is 18.7 Å². The van der Waals surface area contributed by atoms with E-state index in [0.717, 1.165) is 29.7 Å².